The van der Waals surface area contributed by atoms with Crippen molar-refractivity contribution >= 4 is 5.91 Å². The number of hydrogen-bond donors (Lipinski definition) is 2. The summed E-state index contributed by atoms with van der Waals surface area (Å²) in [6, 6.07) is 0.674. The lowest BCUT2D eigenvalue weighted by atomic mass is 9.73. The van der Waals surface area contributed by atoms with Crippen LogP contribution in [0.25, 0.3) is 0 Å². The summed E-state index contributed by atoms with van der Waals surface area (Å²) in [5, 5.41) is 3.45. The highest BCUT2D eigenvalue weighted by atomic mass is 16.1. The highest BCUT2D eigenvalue weighted by Crippen LogP contribution is 2.36. The first kappa shape index (κ1) is 9.97. The van der Waals surface area contributed by atoms with Crippen molar-refractivity contribution in [3.8, 4) is 0 Å². The second-order valence-corrected chi connectivity index (χ2v) is 4.86. The standard InChI is InChI=1S/C11H20N2O/c12-10(14)11(6-2-1-3-7-11)8-13-9-4-5-9/h9,13H,1-8H2,(H2,12,14). The average Bonchev–Trinajstić information content (AvgIpc) is 2.99. The fraction of sp³-hybridized carbons (Fsp3) is 0.909. The van der Waals surface area contributed by atoms with Crippen molar-refractivity contribution in [3.63, 3.8) is 0 Å². The van der Waals surface area contributed by atoms with Crippen LogP contribution in [0.4, 0.5) is 0 Å². The van der Waals surface area contributed by atoms with Crippen LogP contribution < -0.4 is 11.1 Å². The molecule has 0 aliphatic heterocycles. The predicted molar refractivity (Wildman–Crippen MR) is 55.7 cm³/mol. The Kier molecular flexibility index (Phi) is 2.77. The minimum Gasteiger partial charge on any atom is -0.369 e. The quantitative estimate of drug-likeness (QED) is 0.709. The van der Waals surface area contributed by atoms with Crippen LogP contribution in [0.5, 0.6) is 0 Å². The Labute approximate surface area is 85.4 Å². The fourth-order valence-electron chi connectivity index (χ4n) is 2.37. The Hall–Kier alpha value is -0.570. The minimum absolute atomic E-state index is 0.0923. The third-order valence-corrected chi connectivity index (χ3v) is 3.64. The summed E-state index contributed by atoms with van der Waals surface area (Å²) >= 11 is 0. The van der Waals surface area contributed by atoms with E-state index in [4.69, 9.17) is 5.73 Å². The summed E-state index contributed by atoms with van der Waals surface area (Å²) in [6.07, 6.45) is 8.11. The molecule has 3 N–H and O–H groups in total. The van der Waals surface area contributed by atoms with Gasteiger partial charge in [-0.3, -0.25) is 4.79 Å². The van der Waals surface area contributed by atoms with E-state index < -0.39 is 0 Å². The van der Waals surface area contributed by atoms with Gasteiger partial charge in [0.2, 0.25) is 5.91 Å². The topological polar surface area (TPSA) is 55.1 Å². The van der Waals surface area contributed by atoms with Crippen molar-refractivity contribution in [2.75, 3.05) is 6.54 Å². The van der Waals surface area contributed by atoms with E-state index in [1.807, 2.05) is 0 Å². The molecule has 2 aliphatic carbocycles. The van der Waals surface area contributed by atoms with E-state index in [9.17, 15) is 4.79 Å². The molecule has 0 aromatic heterocycles. The van der Waals surface area contributed by atoms with Crippen molar-refractivity contribution in [1.29, 1.82) is 0 Å². The zero-order valence-electron chi connectivity index (χ0n) is 8.72. The van der Waals surface area contributed by atoms with Crippen LogP contribution in [0.2, 0.25) is 0 Å². The second-order valence-electron chi connectivity index (χ2n) is 4.86. The molecule has 2 saturated carbocycles. The molecule has 0 aromatic carbocycles. The van der Waals surface area contributed by atoms with Crippen LogP contribution in [0.15, 0.2) is 0 Å². The first-order chi connectivity index (χ1) is 6.73. The molecular formula is C11H20N2O. The molecule has 80 valence electrons. The van der Waals surface area contributed by atoms with Gasteiger partial charge in [0.25, 0.3) is 0 Å². The third-order valence-electron chi connectivity index (χ3n) is 3.64. The maximum atomic E-state index is 11.5. The fourth-order valence-corrected chi connectivity index (χ4v) is 2.37. The highest BCUT2D eigenvalue weighted by Gasteiger charge is 2.38. The van der Waals surface area contributed by atoms with Crippen LogP contribution in [0.3, 0.4) is 0 Å². The summed E-state index contributed by atoms with van der Waals surface area (Å²) in [5.74, 6) is -0.0923. The van der Waals surface area contributed by atoms with Crippen molar-refractivity contribution in [2.24, 2.45) is 11.1 Å². The zero-order chi connectivity index (χ0) is 10.0. The van der Waals surface area contributed by atoms with Gasteiger partial charge in [-0.15, -0.1) is 0 Å². The molecule has 0 saturated heterocycles. The van der Waals surface area contributed by atoms with Crippen molar-refractivity contribution in [3.05, 3.63) is 0 Å². The van der Waals surface area contributed by atoms with Gasteiger partial charge < -0.3 is 11.1 Å². The zero-order valence-corrected chi connectivity index (χ0v) is 8.72. The molecular weight excluding hydrogens is 176 g/mol. The van der Waals surface area contributed by atoms with Gasteiger partial charge in [0, 0.05) is 12.6 Å². The van der Waals surface area contributed by atoms with E-state index in [0.29, 0.717) is 6.04 Å². The molecule has 2 rings (SSSR count). The Morgan fingerprint density at radius 1 is 1.29 bits per heavy atom. The van der Waals surface area contributed by atoms with Crippen LogP contribution in [-0.2, 0) is 4.79 Å². The molecule has 0 unspecified atom stereocenters. The van der Waals surface area contributed by atoms with E-state index in [1.165, 1.54) is 19.3 Å². The predicted octanol–water partition coefficient (Wildman–Crippen LogP) is 1.17. The first-order valence-corrected chi connectivity index (χ1v) is 5.76. The smallest absolute Gasteiger partial charge is 0.224 e. The summed E-state index contributed by atoms with van der Waals surface area (Å²) in [6.45, 7) is 0.812. The highest BCUT2D eigenvalue weighted by molar-refractivity contribution is 5.81. The Balaban J connectivity index is 1.92. The van der Waals surface area contributed by atoms with Gasteiger partial charge in [0.15, 0.2) is 0 Å². The van der Waals surface area contributed by atoms with Crippen LogP contribution in [0, 0.1) is 5.41 Å². The van der Waals surface area contributed by atoms with E-state index in [2.05, 4.69) is 5.32 Å². The van der Waals surface area contributed by atoms with Crippen molar-refractivity contribution in [2.45, 2.75) is 51.0 Å². The molecule has 14 heavy (non-hydrogen) atoms. The monoisotopic (exact) mass is 196 g/mol. The molecule has 0 heterocycles. The maximum Gasteiger partial charge on any atom is 0.224 e. The third kappa shape index (κ3) is 2.08. The largest absolute Gasteiger partial charge is 0.369 e. The van der Waals surface area contributed by atoms with Crippen LogP contribution in [-0.4, -0.2) is 18.5 Å². The van der Waals surface area contributed by atoms with Gasteiger partial charge in [0.1, 0.15) is 0 Å². The number of nitrogens with one attached hydrogen (secondary N) is 1. The summed E-state index contributed by atoms with van der Waals surface area (Å²) < 4.78 is 0. The Morgan fingerprint density at radius 3 is 2.43 bits per heavy atom. The van der Waals surface area contributed by atoms with Gasteiger partial charge in [0.05, 0.1) is 5.41 Å². The Morgan fingerprint density at radius 2 is 1.93 bits per heavy atom. The number of amides is 1. The van der Waals surface area contributed by atoms with E-state index in [0.717, 1.165) is 32.2 Å². The SMILES string of the molecule is NC(=O)C1(CNC2CC2)CCCCC1. The van der Waals surface area contributed by atoms with Gasteiger partial charge >= 0.3 is 0 Å². The number of rotatable bonds is 4. The molecule has 3 heteroatoms. The summed E-state index contributed by atoms with van der Waals surface area (Å²) in [5.41, 5.74) is 5.31. The number of carbonyl (C=O) groups excluding carboxylic acids is 1. The lowest BCUT2D eigenvalue weighted by molar-refractivity contribution is -0.129. The van der Waals surface area contributed by atoms with E-state index in [-0.39, 0.29) is 11.3 Å². The molecule has 2 aliphatic rings. The van der Waals surface area contributed by atoms with E-state index >= 15 is 0 Å². The molecule has 0 atom stereocenters. The molecule has 0 bridgehead atoms. The van der Waals surface area contributed by atoms with Gasteiger partial charge in [-0.1, -0.05) is 19.3 Å². The molecule has 1 amide bonds. The number of nitrogens with two attached hydrogens (primary N) is 1. The van der Waals surface area contributed by atoms with Crippen LogP contribution in [0.1, 0.15) is 44.9 Å². The van der Waals surface area contributed by atoms with Gasteiger partial charge in [-0.05, 0) is 25.7 Å². The molecule has 3 nitrogen and oxygen atoms in total. The van der Waals surface area contributed by atoms with Crippen LogP contribution >= 0.6 is 0 Å². The molecule has 0 aromatic rings. The van der Waals surface area contributed by atoms with Gasteiger partial charge in [-0.2, -0.15) is 0 Å². The van der Waals surface area contributed by atoms with Gasteiger partial charge in [-0.25, -0.2) is 0 Å². The van der Waals surface area contributed by atoms with Crippen molar-refractivity contribution in [1.82, 2.24) is 5.32 Å². The number of carbonyl (C=O) groups is 1. The molecule has 0 spiro atoms. The molecule has 0 radical (unpaired) electrons. The summed E-state index contributed by atoms with van der Waals surface area (Å²) in [4.78, 5) is 11.5. The van der Waals surface area contributed by atoms with E-state index in [1.54, 1.807) is 0 Å². The Bertz CT molecular complexity index is 217. The first-order valence-electron chi connectivity index (χ1n) is 5.76. The maximum absolute atomic E-state index is 11.5. The second kappa shape index (κ2) is 3.89. The average molecular weight is 196 g/mol. The number of primary amides is 1. The summed E-state index contributed by atoms with van der Waals surface area (Å²) in [7, 11) is 0. The number of hydrogen-bond acceptors (Lipinski definition) is 2. The lowest BCUT2D eigenvalue weighted by Crippen LogP contribution is -2.46. The van der Waals surface area contributed by atoms with Crippen molar-refractivity contribution < 1.29 is 4.79 Å². The molecule has 2 fully saturated rings. The lowest BCUT2D eigenvalue weighted by Gasteiger charge is -2.34. The minimum atomic E-state index is -0.221. The normalized spacial score (nSPS) is 26.0.